The predicted octanol–water partition coefficient (Wildman–Crippen LogP) is 1.62. The molecule has 0 heterocycles. The summed E-state index contributed by atoms with van der Waals surface area (Å²) in [7, 11) is 0. The number of hydrogen-bond acceptors (Lipinski definition) is 3. The fourth-order valence-electron chi connectivity index (χ4n) is 1.55. The SMILES string of the molecule is CCC(C)NC(=O)COc1ccc(CCN)cc1F. The maximum Gasteiger partial charge on any atom is 0.258 e. The van der Waals surface area contributed by atoms with Crippen molar-refractivity contribution in [3.63, 3.8) is 0 Å². The van der Waals surface area contributed by atoms with Gasteiger partial charge in [0, 0.05) is 6.04 Å². The molecule has 0 spiro atoms. The van der Waals surface area contributed by atoms with Crippen LogP contribution in [-0.4, -0.2) is 25.1 Å². The molecule has 1 amide bonds. The van der Waals surface area contributed by atoms with E-state index >= 15 is 0 Å². The molecule has 3 N–H and O–H groups in total. The number of nitrogens with two attached hydrogens (primary N) is 1. The monoisotopic (exact) mass is 268 g/mol. The highest BCUT2D eigenvalue weighted by Crippen LogP contribution is 2.18. The van der Waals surface area contributed by atoms with Crippen molar-refractivity contribution < 1.29 is 13.9 Å². The third kappa shape index (κ3) is 5.26. The molecule has 1 aromatic rings. The molecule has 0 aromatic heterocycles. The molecule has 0 saturated carbocycles. The van der Waals surface area contributed by atoms with Gasteiger partial charge in [0.1, 0.15) is 0 Å². The Kier molecular flexibility index (Phi) is 6.29. The molecule has 19 heavy (non-hydrogen) atoms. The number of carbonyl (C=O) groups excluding carboxylic acids is 1. The number of benzene rings is 1. The van der Waals surface area contributed by atoms with Crippen LogP contribution in [0.25, 0.3) is 0 Å². The quantitative estimate of drug-likeness (QED) is 0.790. The number of hydrogen-bond donors (Lipinski definition) is 2. The van der Waals surface area contributed by atoms with E-state index < -0.39 is 5.82 Å². The Morgan fingerprint density at radius 3 is 2.84 bits per heavy atom. The molecule has 1 unspecified atom stereocenters. The second kappa shape index (κ2) is 7.74. The Morgan fingerprint density at radius 2 is 2.26 bits per heavy atom. The highest BCUT2D eigenvalue weighted by molar-refractivity contribution is 5.77. The average Bonchev–Trinajstić information content (AvgIpc) is 2.38. The van der Waals surface area contributed by atoms with E-state index in [4.69, 9.17) is 10.5 Å². The van der Waals surface area contributed by atoms with Crippen LogP contribution in [0.3, 0.4) is 0 Å². The van der Waals surface area contributed by atoms with Gasteiger partial charge >= 0.3 is 0 Å². The zero-order valence-electron chi connectivity index (χ0n) is 11.4. The van der Waals surface area contributed by atoms with Crippen LogP contribution in [0.4, 0.5) is 4.39 Å². The Hall–Kier alpha value is -1.62. The first-order valence-corrected chi connectivity index (χ1v) is 6.47. The van der Waals surface area contributed by atoms with E-state index in [0.29, 0.717) is 13.0 Å². The number of halogens is 1. The molecule has 1 aromatic carbocycles. The van der Waals surface area contributed by atoms with Crippen LogP contribution in [0.2, 0.25) is 0 Å². The van der Waals surface area contributed by atoms with Crippen LogP contribution < -0.4 is 15.8 Å². The first-order valence-electron chi connectivity index (χ1n) is 6.47. The van der Waals surface area contributed by atoms with Crippen LogP contribution in [0, 0.1) is 5.82 Å². The molecule has 106 valence electrons. The van der Waals surface area contributed by atoms with Crippen molar-refractivity contribution in [1.29, 1.82) is 0 Å². The van der Waals surface area contributed by atoms with Gasteiger partial charge in [-0.25, -0.2) is 4.39 Å². The molecule has 0 aliphatic rings. The second-order valence-corrected chi connectivity index (χ2v) is 4.47. The van der Waals surface area contributed by atoms with Gasteiger partial charge < -0.3 is 15.8 Å². The summed E-state index contributed by atoms with van der Waals surface area (Å²) in [5, 5.41) is 2.75. The summed E-state index contributed by atoms with van der Waals surface area (Å²) >= 11 is 0. The van der Waals surface area contributed by atoms with Crippen LogP contribution in [0.1, 0.15) is 25.8 Å². The fraction of sp³-hybridized carbons (Fsp3) is 0.500. The summed E-state index contributed by atoms with van der Waals surface area (Å²) in [6.45, 7) is 4.16. The van der Waals surface area contributed by atoms with Crippen molar-refractivity contribution in [3.8, 4) is 5.75 Å². The molecule has 5 heteroatoms. The maximum atomic E-state index is 13.7. The van der Waals surface area contributed by atoms with Gasteiger partial charge in [0.05, 0.1) is 0 Å². The van der Waals surface area contributed by atoms with Crippen LogP contribution in [-0.2, 0) is 11.2 Å². The lowest BCUT2D eigenvalue weighted by Crippen LogP contribution is -2.35. The maximum absolute atomic E-state index is 13.7. The zero-order valence-corrected chi connectivity index (χ0v) is 11.4. The Labute approximate surface area is 113 Å². The van der Waals surface area contributed by atoms with E-state index in [2.05, 4.69) is 5.32 Å². The third-order valence-electron chi connectivity index (χ3n) is 2.81. The van der Waals surface area contributed by atoms with Crippen molar-refractivity contribution in [2.45, 2.75) is 32.7 Å². The molecule has 0 bridgehead atoms. The fourth-order valence-corrected chi connectivity index (χ4v) is 1.55. The van der Waals surface area contributed by atoms with Gasteiger partial charge in [0.15, 0.2) is 18.2 Å². The van der Waals surface area contributed by atoms with Gasteiger partial charge in [-0.15, -0.1) is 0 Å². The topological polar surface area (TPSA) is 64.3 Å². The summed E-state index contributed by atoms with van der Waals surface area (Å²) < 4.78 is 18.8. The summed E-state index contributed by atoms with van der Waals surface area (Å²) in [6, 6.07) is 4.75. The molecule has 4 nitrogen and oxygen atoms in total. The van der Waals surface area contributed by atoms with Crippen LogP contribution in [0.5, 0.6) is 5.75 Å². The highest BCUT2D eigenvalue weighted by atomic mass is 19.1. The van der Waals surface area contributed by atoms with E-state index in [9.17, 15) is 9.18 Å². The lowest BCUT2D eigenvalue weighted by Gasteiger charge is -2.12. The van der Waals surface area contributed by atoms with Gasteiger partial charge in [0.2, 0.25) is 0 Å². The Balaban J connectivity index is 2.51. The molecule has 0 radical (unpaired) electrons. The van der Waals surface area contributed by atoms with E-state index in [0.717, 1.165) is 12.0 Å². The highest BCUT2D eigenvalue weighted by Gasteiger charge is 2.09. The van der Waals surface area contributed by atoms with E-state index in [1.807, 2.05) is 13.8 Å². The molecule has 0 saturated heterocycles. The van der Waals surface area contributed by atoms with Gasteiger partial charge in [0.25, 0.3) is 5.91 Å². The number of carbonyl (C=O) groups is 1. The Morgan fingerprint density at radius 1 is 1.53 bits per heavy atom. The minimum absolute atomic E-state index is 0.0834. The smallest absolute Gasteiger partial charge is 0.258 e. The lowest BCUT2D eigenvalue weighted by atomic mass is 10.1. The van der Waals surface area contributed by atoms with E-state index in [-0.39, 0.29) is 24.3 Å². The number of rotatable bonds is 7. The largest absolute Gasteiger partial charge is 0.481 e. The molecule has 1 rings (SSSR count). The molecule has 0 aliphatic carbocycles. The minimum atomic E-state index is -0.470. The van der Waals surface area contributed by atoms with Gasteiger partial charge in [-0.1, -0.05) is 13.0 Å². The van der Waals surface area contributed by atoms with Crippen LogP contribution in [0.15, 0.2) is 18.2 Å². The predicted molar refractivity (Wildman–Crippen MR) is 72.5 cm³/mol. The first kappa shape index (κ1) is 15.4. The first-order chi connectivity index (χ1) is 9.06. The summed E-state index contributed by atoms with van der Waals surface area (Å²) in [5.41, 5.74) is 6.22. The average molecular weight is 268 g/mol. The normalized spacial score (nSPS) is 12.0. The van der Waals surface area contributed by atoms with Crippen molar-refractivity contribution in [2.75, 3.05) is 13.2 Å². The van der Waals surface area contributed by atoms with Crippen molar-refractivity contribution in [1.82, 2.24) is 5.32 Å². The minimum Gasteiger partial charge on any atom is -0.481 e. The number of ether oxygens (including phenoxy) is 1. The van der Waals surface area contributed by atoms with Crippen molar-refractivity contribution in [2.24, 2.45) is 5.73 Å². The molecule has 0 fully saturated rings. The van der Waals surface area contributed by atoms with Crippen molar-refractivity contribution >= 4 is 5.91 Å². The summed E-state index contributed by atoms with van der Waals surface area (Å²) in [5.74, 6) is -0.637. The van der Waals surface area contributed by atoms with Crippen molar-refractivity contribution in [3.05, 3.63) is 29.6 Å². The molecule has 1 atom stereocenters. The van der Waals surface area contributed by atoms with E-state index in [1.165, 1.54) is 12.1 Å². The number of nitrogens with one attached hydrogen (secondary N) is 1. The third-order valence-corrected chi connectivity index (χ3v) is 2.81. The number of amides is 1. The molecular weight excluding hydrogens is 247 g/mol. The Bertz CT molecular complexity index is 424. The summed E-state index contributed by atoms with van der Waals surface area (Å²) in [6.07, 6.45) is 1.46. The molecular formula is C14H21FN2O2. The molecule has 0 aliphatic heterocycles. The van der Waals surface area contributed by atoms with E-state index in [1.54, 1.807) is 6.07 Å². The summed E-state index contributed by atoms with van der Waals surface area (Å²) in [4.78, 5) is 11.5. The van der Waals surface area contributed by atoms with Crippen LogP contribution >= 0.6 is 0 Å². The lowest BCUT2D eigenvalue weighted by molar-refractivity contribution is -0.123. The van der Waals surface area contributed by atoms with Gasteiger partial charge in [-0.2, -0.15) is 0 Å². The second-order valence-electron chi connectivity index (χ2n) is 4.47. The van der Waals surface area contributed by atoms with Gasteiger partial charge in [-0.05, 0) is 44.0 Å². The zero-order chi connectivity index (χ0) is 14.3. The van der Waals surface area contributed by atoms with Gasteiger partial charge in [-0.3, -0.25) is 4.79 Å². The standard InChI is InChI=1S/C14H21FN2O2/c1-3-10(2)17-14(18)9-19-13-5-4-11(6-7-16)8-12(13)15/h4-5,8,10H,3,6-7,9,16H2,1-2H3,(H,17,18).